The summed E-state index contributed by atoms with van der Waals surface area (Å²) in [6.45, 7) is 3.92. The molecule has 0 spiro atoms. The molecular weight excluding hydrogens is 240 g/mol. The molecule has 1 unspecified atom stereocenters. The molecule has 0 fully saturated rings. The molecule has 0 saturated carbocycles. The van der Waals surface area contributed by atoms with Gasteiger partial charge in [-0.3, -0.25) is 10.1 Å². The van der Waals surface area contributed by atoms with Gasteiger partial charge in [0.1, 0.15) is 6.20 Å². The van der Waals surface area contributed by atoms with Crippen LogP contribution in [0.4, 0.5) is 11.5 Å². The van der Waals surface area contributed by atoms with Crippen LogP contribution in [0, 0.1) is 17.0 Å². The van der Waals surface area contributed by atoms with E-state index in [2.05, 4.69) is 5.10 Å². The predicted molar refractivity (Wildman–Crippen MR) is 66.2 cm³/mol. The smallest absolute Gasteiger partial charge is 0.330 e. The molecule has 2 heterocycles. The van der Waals surface area contributed by atoms with Gasteiger partial charge < -0.3 is 5.73 Å². The van der Waals surface area contributed by atoms with Crippen molar-refractivity contribution >= 4 is 22.8 Å². The fourth-order valence-corrected chi connectivity index (χ4v) is 2.70. The van der Waals surface area contributed by atoms with Crippen LogP contribution in [-0.2, 0) is 0 Å². The zero-order valence-electron chi connectivity index (χ0n) is 9.45. The van der Waals surface area contributed by atoms with Crippen molar-refractivity contribution in [3.05, 3.63) is 38.2 Å². The number of aromatic nitrogens is 2. The minimum absolute atomic E-state index is 0.0929. The minimum atomic E-state index is -0.521. The Bertz CT molecular complexity index is 560. The monoisotopic (exact) mass is 252 g/mol. The third-order valence-electron chi connectivity index (χ3n) is 2.66. The van der Waals surface area contributed by atoms with E-state index < -0.39 is 4.92 Å². The zero-order valence-corrected chi connectivity index (χ0v) is 10.3. The summed E-state index contributed by atoms with van der Waals surface area (Å²) < 4.78 is 1.48. The van der Waals surface area contributed by atoms with Gasteiger partial charge in [-0.25, -0.2) is 4.68 Å². The van der Waals surface area contributed by atoms with Gasteiger partial charge in [0.05, 0.1) is 11.0 Å². The number of nitrogen functional groups attached to an aromatic ring is 1. The van der Waals surface area contributed by atoms with E-state index in [4.69, 9.17) is 5.73 Å². The van der Waals surface area contributed by atoms with Crippen LogP contribution < -0.4 is 5.73 Å². The first-order valence-corrected chi connectivity index (χ1v) is 5.91. The molecular formula is C10H12N4O2S. The van der Waals surface area contributed by atoms with Crippen molar-refractivity contribution in [1.29, 1.82) is 0 Å². The first kappa shape index (κ1) is 11.6. The quantitative estimate of drug-likeness (QED) is 0.671. The molecule has 2 N–H and O–H groups in total. The number of anilines is 1. The molecule has 1 atom stereocenters. The Morgan fingerprint density at radius 2 is 2.35 bits per heavy atom. The van der Waals surface area contributed by atoms with Crippen molar-refractivity contribution < 1.29 is 4.92 Å². The second kappa shape index (κ2) is 4.17. The third kappa shape index (κ3) is 1.89. The maximum absolute atomic E-state index is 10.7. The Kier molecular flexibility index (Phi) is 2.84. The second-order valence-corrected chi connectivity index (χ2v) is 4.71. The van der Waals surface area contributed by atoms with E-state index >= 15 is 0 Å². The molecule has 17 heavy (non-hydrogen) atoms. The lowest BCUT2D eigenvalue weighted by Crippen LogP contribution is -2.11. The van der Waals surface area contributed by atoms with E-state index in [9.17, 15) is 10.1 Å². The standard InChI is InChI=1S/C10H12N4O2S/c1-6-3-4-17-9(6)7(2)13-10(11)8(5-12-13)14(15)16/h3-5,7H,11H2,1-2H3. The van der Waals surface area contributed by atoms with Crippen molar-refractivity contribution in [2.75, 3.05) is 5.73 Å². The molecule has 2 rings (SSSR count). The largest absolute Gasteiger partial charge is 0.378 e. The number of rotatable bonds is 3. The van der Waals surface area contributed by atoms with Crippen LogP contribution in [0.2, 0.25) is 0 Å². The number of hydrogen-bond acceptors (Lipinski definition) is 5. The molecule has 0 saturated heterocycles. The summed E-state index contributed by atoms with van der Waals surface area (Å²) >= 11 is 1.59. The molecule has 2 aromatic heterocycles. The number of aryl methyl sites for hydroxylation is 1. The molecule has 90 valence electrons. The third-order valence-corrected chi connectivity index (χ3v) is 3.85. The highest BCUT2D eigenvalue weighted by molar-refractivity contribution is 7.10. The Morgan fingerprint density at radius 1 is 1.65 bits per heavy atom. The van der Waals surface area contributed by atoms with Crippen LogP contribution in [0.5, 0.6) is 0 Å². The topological polar surface area (TPSA) is 87.0 Å². The summed E-state index contributed by atoms with van der Waals surface area (Å²) in [5, 5.41) is 16.7. The zero-order chi connectivity index (χ0) is 12.6. The minimum Gasteiger partial charge on any atom is -0.378 e. The molecule has 0 bridgehead atoms. The van der Waals surface area contributed by atoms with Crippen molar-refractivity contribution in [3.8, 4) is 0 Å². The van der Waals surface area contributed by atoms with E-state index in [1.807, 2.05) is 25.3 Å². The number of nitrogens with two attached hydrogens (primary N) is 1. The van der Waals surface area contributed by atoms with Crippen molar-refractivity contribution in [3.63, 3.8) is 0 Å². The van der Waals surface area contributed by atoms with Gasteiger partial charge in [0.15, 0.2) is 0 Å². The first-order chi connectivity index (χ1) is 8.02. The highest BCUT2D eigenvalue weighted by Crippen LogP contribution is 2.31. The van der Waals surface area contributed by atoms with Crippen LogP contribution in [-0.4, -0.2) is 14.7 Å². The summed E-state index contributed by atoms with van der Waals surface area (Å²) in [5.41, 5.74) is 6.72. The molecule has 2 aromatic rings. The summed E-state index contributed by atoms with van der Waals surface area (Å²) in [5.74, 6) is 0.0929. The van der Waals surface area contributed by atoms with E-state index in [1.165, 1.54) is 10.9 Å². The SMILES string of the molecule is Cc1ccsc1C(C)n1ncc([N+](=O)[O-])c1N. The van der Waals surface area contributed by atoms with Crippen LogP contribution in [0.15, 0.2) is 17.6 Å². The molecule has 0 radical (unpaired) electrons. The summed E-state index contributed by atoms with van der Waals surface area (Å²) in [7, 11) is 0. The Morgan fingerprint density at radius 3 is 2.82 bits per heavy atom. The van der Waals surface area contributed by atoms with Crippen LogP contribution >= 0.6 is 11.3 Å². The van der Waals surface area contributed by atoms with Gasteiger partial charge in [-0.2, -0.15) is 5.10 Å². The van der Waals surface area contributed by atoms with Gasteiger partial charge in [0.2, 0.25) is 5.82 Å². The van der Waals surface area contributed by atoms with Gasteiger partial charge in [0.25, 0.3) is 0 Å². The number of hydrogen-bond donors (Lipinski definition) is 1. The van der Waals surface area contributed by atoms with Gasteiger partial charge >= 0.3 is 5.69 Å². The van der Waals surface area contributed by atoms with Crippen molar-refractivity contribution in [2.45, 2.75) is 19.9 Å². The van der Waals surface area contributed by atoms with E-state index in [1.54, 1.807) is 11.3 Å². The fraction of sp³-hybridized carbons (Fsp3) is 0.300. The second-order valence-electron chi connectivity index (χ2n) is 3.76. The molecule has 6 nitrogen and oxygen atoms in total. The number of nitrogens with zero attached hydrogens (tertiary/aromatic N) is 3. The van der Waals surface area contributed by atoms with E-state index in [0.717, 1.165) is 10.4 Å². The van der Waals surface area contributed by atoms with E-state index in [0.29, 0.717) is 0 Å². The summed E-state index contributed by atoms with van der Waals surface area (Å²) in [4.78, 5) is 11.3. The molecule has 0 aliphatic rings. The first-order valence-electron chi connectivity index (χ1n) is 5.03. The summed E-state index contributed by atoms with van der Waals surface area (Å²) in [6, 6.07) is 1.91. The highest BCUT2D eigenvalue weighted by Gasteiger charge is 2.22. The van der Waals surface area contributed by atoms with Gasteiger partial charge in [0, 0.05) is 4.88 Å². The maximum atomic E-state index is 10.7. The normalized spacial score (nSPS) is 12.6. The number of thiophene rings is 1. The fourth-order valence-electron chi connectivity index (χ4n) is 1.74. The maximum Gasteiger partial charge on any atom is 0.330 e. The lowest BCUT2D eigenvalue weighted by atomic mass is 10.2. The Balaban J connectivity index is 2.42. The van der Waals surface area contributed by atoms with Crippen LogP contribution in [0.3, 0.4) is 0 Å². The predicted octanol–water partition coefficient (Wildman–Crippen LogP) is 2.35. The van der Waals surface area contributed by atoms with Gasteiger partial charge in [-0.1, -0.05) is 0 Å². The van der Waals surface area contributed by atoms with E-state index in [-0.39, 0.29) is 17.5 Å². The lowest BCUT2D eigenvalue weighted by molar-refractivity contribution is -0.384. The molecule has 0 aliphatic heterocycles. The van der Waals surface area contributed by atoms with Crippen molar-refractivity contribution in [2.24, 2.45) is 0 Å². The summed E-state index contributed by atoms with van der Waals surface area (Å²) in [6.07, 6.45) is 1.19. The molecule has 0 aromatic carbocycles. The average Bonchev–Trinajstić information content (AvgIpc) is 2.83. The van der Waals surface area contributed by atoms with Crippen LogP contribution in [0.25, 0.3) is 0 Å². The number of nitro groups is 1. The van der Waals surface area contributed by atoms with Crippen LogP contribution in [0.1, 0.15) is 23.4 Å². The Hall–Kier alpha value is -1.89. The highest BCUT2D eigenvalue weighted by atomic mass is 32.1. The molecule has 0 amide bonds. The van der Waals surface area contributed by atoms with Gasteiger partial charge in [-0.15, -0.1) is 11.3 Å². The average molecular weight is 252 g/mol. The molecule has 7 heteroatoms. The van der Waals surface area contributed by atoms with Crippen molar-refractivity contribution in [1.82, 2.24) is 9.78 Å². The molecule has 0 aliphatic carbocycles. The van der Waals surface area contributed by atoms with Gasteiger partial charge in [-0.05, 0) is 30.9 Å². The Labute approximate surface area is 102 Å². The lowest BCUT2D eigenvalue weighted by Gasteiger charge is -2.12.